The van der Waals surface area contributed by atoms with Gasteiger partial charge in [0.15, 0.2) is 5.96 Å². The molecule has 2 aromatic rings. The average molecular weight is 524 g/mol. The summed E-state index contributed by atoms with van der Waals surface area (Å²) in [6, 6.07) is 11.2. The van der Waals surface area contributed by atoms with E-state index in [1.807, 2.05) is 18.8 Å². The number of hydrogen-bond acceptors (Lipinski definition) is 3. The predicted molar refractivity (Wildman–Crippen MR) is 135 cm³/mol. The van der Waals surface area contributed by atoms with Gasteiger partial charge in [-0.05, 0) is 51.3 Å². The monoisotopic (exact) mass is 524 g/mol. The molecule has 0 radical (unpaired) electrons. The minimum atomic E-state index is 0. The second kappa shape index (κ2) is 11.7. The normalized spacial score (nSPS) is 16.8. The zero-order valence-corrected chi connectivity index (χ0v) is 21.3. The Morgan fingerprint density at radius 3 is 2.40 bits per heavy atom. The first-order chi connectivity index (χ1) is 14.0. The molecule has 1 aliphatic rings. The highest BCUT2D eigenvalue weighted by atomic mass is 127. The Morgan fingerprint density at radius 1 is 1.17 bits per heavy atom. The number of nitrogens with one attached hydrogen (secondary N) is 2. The minimum absolute atomic E-state index is 0. The number of likely N-dealkylation sites (tertiary alicyclic amines) is 1. The van der Waals surface area contributed by atoms with Crippen LogP contribution in [0, 0.1) is 19.8 Å². The first-order valence-electron chi connectivity index (χ1n) is 10.7. The van der Waals surface area contributed by atoms with Crippen molar-refractivity contribution < 1.29 is 0 Å². The highest BCUT2D eigenvalue weighted by Gasteiger charge is 2.24. The first kappa shape index (κ1) is 24.7. The Morgan fingerprint density at radius 2 is 1.83 bits per heavy atom. The quantitative estimate of drug-likeness (QED) is 0.343. The fourth-order valence-electron chi connectivity index (χ4n) is 4.13. The van der Waals surface area contributed by atoms with Gasteiger partial charge in [0.2, 0.25) is 0 Å². The summed E-state index contributed by atoms with van der Waals surface area (Å²) in [5, 5.41) is 11.5. The molecule has 1 aromatic heterocycles. The number of guanidine groups is 1. The van der Waals surface area contributed by atoms with Crippen molar-refractivity contribution in [3.63, 3.8) is 0 Å². The van der Waals surface area contributed by atoms with E-state index in [1.165, 1.54) is 29.7 Å². The molecule has 166 valence electrons. The number of aryl methyl sites for hydroxylation is 2. The number of hydrogen-bond donors (Lipinski definition) is 2. The van der Waals surface area contributed by atoms with Gasteiger partial charge < -0.3 is 10.6 Å². The predicted octanol–water partition coefficient (Wildman–Crippen LogP) is 3.79. The molecule has 1 aliphatic heterocycles. The van der Waals surface area contributed by atoms with Crippen molar-refractivity contribution in [2.24, 2.45) is 18.0 Å². The van der Waals surface area contributed by atoms with Gasteiger partial charge in [-0.1, -0.05) is 37.3 Å². The standard InChI is InChI=1S/C23H36N6.HI/c1-17-11-13-29(14-12-17)22(20-9-7-6-8-10-20)16-26-23(24-4)25-15-21-18(2)27-28(5)19(21)3;/h6-10,17,22H,11-16H2,1-5H3,(H2,24,25,26);1H. The minimum Gasteiger partial charge on any atom is -0.354 e. The fraction of sp³-hybridized carbons (Fsp3) is 0.565. The molecule has 1 saturated heterocycles. The molecule has 1 atom stereocenters. The third-order valence-corrected chi connectivity index (χ3v) is 6.22. The molecule has 0 amide bonds. The number of halogens is 1. The summed E-state index contributed by atoms with van der Waals surface area (Å²) in [5.41, 5.74) is 4.86. The maximum absolute atomic E-state index is 4.51. The van der Waals surface area contributed by atoms with Crippen molar-refractivity contribution in [1.82, 2.24) is 25.3 Å². The maximum atomic E-state index is 4.51. The number of rotatable bonds is 6. The second-order valence-corrected chi connectivity index (χ2v) is 8.22. The molecular formula is C23H37IN6. The molecule has 2 heterocycles. The number of piperidine rings is 1. The lowest BCUT2D eigenvalue weighted by Crippen LogP contribution is -2.45. The number of benzene rings is 1. The number of aromatic nitrogens is 2. The molecule has 0 aliphatic carbocycles. The number of nitrogens with zero attached hydrogens (tertiary/aromatic N) is 4. The molecule has 0 bridgehead atoms. The van der Waals surface area contributed by atoms with Crippen LogP contribution < -0.4 is 10.6 Å². The smallest absolute Gasteiger partial charge is 0.191 e. The van der Waals surface area contributed by atoms with Gasteiger partial charge in [-0.15, -0.1) is 24.0 Å². The van der Waals surface area contributed by atoms with Gasteiger partial charge in [0, 0.05) is 38.4 Å². The van der Waals surface area contributed by atoms with E-state index in [1.54, 1.807) is 0 Å². The van der Waals surface area contributed by atoms with Crippen LogP contribution in [-0.4, -0.2) is 47.3 Å². The first-order valence-corrected chi connectivity index (χ1v) is 10.7. The van der Waals surface area contributed by atoms with Crippen LogP contribution in [0.25, 0.3) is 0 Å². The molecule has 3 rings (SSSR count). The fourth-order valence-corrected chi connectivity index (χ4v) is 4.13. The van der Waals surface area contributed by atoms with Crippen molar-refractivity contribution >= 4 is 29.9 Å². The Labute approximate surface area is 198 Å². The van der Waals surface area contributed by atoms with E-state index >= 15 is 0 Å². The Kier molecular flexibility index (Phi) is 9.61. The lowest BCUT2D eigenvalue weighted by Gasteiger charge is -2.37. The van der Waals surface area contributed by atoms with E-state index in [9.17, 15) is 0 Å². The van der Waals surface area contributed by atoms with Gasteiger partial charge in [0.05, 0.1) is 11.7 Å². The summed E-state index contributed by atoms with van der Waals surface area (Å²) >= 11 is 0. The second-order valence-electron chi connectivity index (χ2n) is 8.22. The molecule has 0 spiro atoms. The van der Waals surface area contributed by atoms with E-state index in [2.05, 4.69) is 76.7 Å². The summed E-state index contributed by atoms with van der Waals surface area (Å²) in [5.74, 6) is 1.66. The van der Waals surface area contributed by atoms with Crippen LogP contribution in [-0.2, 0) is 13.6 Å². The molecule has 6 nitrogen and oxygen atoms in total. The highest BCUT2D eigenvalue weighted by molar-refractivity contribution is 14.0. The highest BCUT2D eigenvalue weighted by Crippen LogP contribution is 2.26. The van der Waals surface area contributed by atoms with Crippen LogP contribution in [0.15, 0.2) is 35.3 Å². The van der Waals surface area contributed by atoms with E-state index in [4.69, 9.17) is 0 Å². The van der Waals surface area contributed by atoms with Gasteiger partial charge in [-0.3, -0.25) is 14.6 Å². The van der Waals surface area contributed by atoms with Gasteiger partial charge >= 0.3 is 0 Å². The summed E-state index contributed by atoms with van der Waals surface area (Å²) in [7, 11) is 3.82. The SMILES string of the molecule is CN=C(NCc1c(C)nn(C)c1C)NCC(c1ccccc1)N1CCC(C)CC1.I. The van der Waals surface area contributed by atoms with Crippen molar-refractivity contribution in [2.45, 2.75) is 46.2 Å². The van der Waals surface area contributed by atoms with Crippen LogP contribution in [0.2, 0.25) is 0 Å². The molecule has 1 aromatic carbocycles. The van der Waals surface area contributed by atoms with Gasteiger partial charge in [0.1, 0.15) is 0 Å². The van der Waals surface area contributed by atoms with Crippen LogP contribution in [0.4, 0.5) is 0 Å². The van der Waals surface area contributed by atoms with Gasteiger partial charge in [-0.25, -0.2) is 0 Å². The molecule has 1 fully saturated rings. The zero-order chi connectivity index (χ0) is 20.8. The zero-order valence-electron chi connectivity index (χ0n) is 19.0. The molecule has 0 saturated carbocycles. The van der Waals surface area contributed by atoms with Crippen LogP contribution in [0.3, 0.4) is 0 Å². The van der Waals surface area contributed by atoms with Crippen molar-refractivity contribution in [3.05, 3.63) is 52.8 Å². The van der Waals surface area contributed by atoms with Gasteiger partial charge in [-0.2, -0.15) is 5.10 Å². The topological polar surface area (TPSA) is 57.5 Å². The molecular weight excluding hydrogens is 487 g/mol. The maximum Gasteiger partial charge on any atom is 0.191 e. The molecule has 30 heavy (non-hydrogen) atoms. The van der Waals surface area contributed by atoms with Gasteiger partial charge in [0.25, 0.3) is 0 Å². The van der Waals surface area contributed by atoms with E-state index in [0.29, 0.717) is 6.04 Å². The Balaban J connectivity index is 0.00000320. The molecule has 2 N–H and O–H groups in total. The van der Waals surface area contributed by atoms with Crippen LogP contribution >= 0.6 is 24.0 Å². The number of aliphatic imine (C=N–C) groups is 1. The summed E-state index contributed by atoms with van der Waals surface area (Å²) in [4.78, 5) is 7.06. The molecule has 1 unspecified atom stereocenters. The van der Waals surface area contributed by atoms with Crippen LogP contribution in [0.5, 0.6) is 0 Å². The van der Waals surface area contributed by atoms with Crippen molar-refractivity contribution in [1.29, 1.82) is 0 Å². The van der Waals surface area contributed by atoms with Crippen LogP contribution in [0.1, 0.15) is 48.3 Å². The summed E-state index contributed by atoms with van der Waals surface area (Å²) in [6.45, 7) is 10.4. The summed E-state index contributed by atoms with van der Waals surface area (Å²) < 4.78 is 1.94. The lowest BCUT2D eigenvalue weighted by molar-refractivity contribution is 0.138. The lowest BCUT2D eigenvalue weighted by atomic mass is 9.95. The molecule has 7 heteroatoms. The van der Waals surface area contributed by atoms with Crippen molar-refractivity contribution in [3.8, 4) is 0 Å². The Hall–Kier alpha value is -1.61. The van der Waals surface area contributed by atoms with E-state index < -0.39 is 0 Å². The third kappa shape index (κ3) is 6.20. The van der Waals surface area contributed by atoms with E-state index in [-0.39, 0.29) is 24.0 Å². The van der Waals surface area contributed by atoms with E-state index in [0.717, 1.165) is 43.8 Å². The third-order valence-electron chi connectivity index (χ3n) is 6.22. The Bertz CT molecular complexity index is 809. The average Bonchev–Trinajstić information content (AvgIpc) is 2.98. The largest absolute Gasteiger partial charge is 0.354 e. The summed E-state index contributed by atoms with van der Waals surface area (Å²) in [6.07, 6.45) is 2.55. The van der Waals surface area contributed by atoms with Crippen molar-refractivity contribution in [2.75, 3.05) is 26.7 Å².